The highest BCUT2D eigenvalue weighted by Crippen LogP contribution is 2.32. The van der Waals surface area contributed by atoms with Gasteiger partial charge in [0.25, 0.3) is 0 Å². The second-order valence-corrected chi connectivity index (χ2v) is 7.11. The zero-order valence-corrected chi connectivity index (χ0v) is 16.7. The maximum absolute atomic E-state index is 12.4. The van der Waals surface area contributed by atoms with Gasteiger partial charge in [-0.15, -0.1) is 0 Å². The molecule has 154 valence electrons. The average Bonchev–Trinajstić information content (AvgIpc) is 2.73. The molecule has 2 heterocycles. The van der Waals surface area contributed by atoms with E-state index in [-0.39, 0.29) is 31.5 Å². The predicted molar refractivity (Wildman–Crippen MR) is 113 cm³/mol. The summed E-state index contributed by atoms with van der Waals surface area (Å²) in [6, 6.07) is 9.59. The van der Waals surface area contributed by atoms with Gasteiger partial charge in [0.1, 0.15) is 12.0 Å². The van der Waals surface area contributed by atoms with E-state index in [2.05, 4.69) is 16.5 Å². The number of carboxylic acid groups (broad SMARTS) is 1. The standard InChI is InChI=1S/C23H23N3O4/c1-3-4-6-9-17(2)21(27)26-14-23(15-26,22(28)29)16-30-20-13-24-19(12-25-20)18-10-7-5-8-11-18/h3-13H,1,14-16H2,2H3,(H,28,29)/b6-4-,17-9+. The fourth-order valence-electron chi connectivity index (χ4n) is 3.08. The summed E-state index contributed by atoms with van der Waals surface area (Å²) >= 11 is 0. The van der Waals surface area contributed by atoms with Gasteiger partial charge in [0.15, 0.2) is 0 Å². The van der Waals surface area contributed by atoms with Crippen LogP contribution in [0.5, 0.6) is 5.88 Å². The number of aliphatic carboxylic acids is 1. The number of amides is 1. The number of hydrogen-bond acceptors (Lipinski definition) is 5. The Morgan fingerprint density at radius 1 is 1.20 bits per heavy atom. The molecule has 0 unspecified atom stereocenters. The van der Waals surface area contributed by atoms with E-state index in [4.69, 9.17) is 4.74 Å². The Morgan fingerprint density at radius 2 is 1.93 bits per heavy atom. The quantitative estimate of drug-likeness (QED) is 0.536. The van der Waals surface area contributed by atoms with Crippen LogP contribution >= 0.6 is 0 Å². The second kappa shape index (κ2) is 9.17. The van der Waals surface area contributed by atoms with Gasteiger partial charge in [-0.1, -0.05) is 61.2 Å². The molecule has 0 spiro atoms. The molecule has 1 aliphatic heterocycles. The second-order valence-electron chi connectivity index (χ2n) is 7.11. The highest BCUT2D eigenvalue weighted by atomic mass is 16.5. The van der Waals surface area contributed by atoms with Crippen molar-refractivity contribution in [1.82, 2.24) is 14.9 Å². The van der Waals surface area contributed by atoms with Gasteiger partial charge in [-0.05, 0) is 6.92 Å². The van der Waals surface area contributed by atoms with Crippen molar-refractivity contribution in [2.24, 2.45) is 5.41 Å². The average molecular weight is 405 g/mol. The van der Waals surface area contributed by atoms with Gasteiger partial charge in [-0.3, -0.25) is 9.59 Å². The summed E-state index contributed by atoms with van der Waals surface area (Å²) in [5, 5.41) is 9.68. The number of ether oxygens (including phenoxy) is 1. The molecule has 1 aromatic carbocycles. The van der Waals surface area contributed by atoms with Crippen LogP contribution in [0.15, 0.2) is 79.2 Å². The van der Waals surface area contributed by atoms with Gasteiger partial charge < -0.3 is 14.7 Å². The Bertz CT molecular complexity index is 975. The third kappa shape index (κ3) is 4.63. The van der Waals surface area contributed by atoms with Gasteiger partial charge in [-0.25, -0.2) is 9.97 Å². The van der Waals surface area contributed by atoms with Crippen LogP contribution in [0.25, 0.3) is 11.3 Å². The van der Waals surface area contributed by atoms with Crippen LogP contribution in [0.2, 0.25) is 0 Å². The van der Waals surface area contributed by atoms with Crippen LogP contribution in [0, 0.1) is 5.41 Å². The maximum Gasteiger partial charge on any atom is 0.316 e. The molecule has 7 heteroatoms. The van der Waals surface area contributed by atoms with Crippen LogP contribution in [0.1, 0.15) is 6.92 Å². The molecule has 1 N–H and O–H groups in total. The first-order valence-electron chi connectivity index (χ1n) is 9.44. The van der Waals surface area contributed by atoms with Gasteiger partial charge in [-0.2, -0.15) is 0 Å². The lowest BCUT2D eigenvalue weighted by molar-refractivity contribution is -0.168. The fourth-order valence-corrected chi connectivity index (χ4v) is 3.08. The summed E-state index contributed by atoms with van der Waals surface area (Å²) in [5.74, 6) is -0.966. The first-order chi connectivity index (χ1) is 14.4. The minimum atomic E-state index is -1.16. The summed E-state index contributed by atoms with van der Waals surface area (Å²) in [4.78, 5) is 34.3. The molecule has 30 heavy (non-hydrogen) atoms. The molecule has 1 amide bonds. The van der Waals surface area contributed by atoms with E-state index in [0.29, 0.717) is 11.3 Å². The van der Waals surface area contributed by atoms with E-state index in [1.54, 1.807) is 37.4 Å². The molecule has 7 nitrogen and oxygen atoms in total. The molecular formula is C23H23N3O4. The molecule has 1 saturated heterocycles. The molecule has 1 fully saturated rings. The third-order valence-corrected chi connectivity index (χ3v) is 4.85. The van der Waals surface area contributed by atoms with Crippen molar-refractivity contribution in [3.05, 3.63) is 79.2 Å². The number of rotatable bonds is 8. The van der Waals surface area contributed by atoms with Gasteiger partial charge in [0, 0.05) is 24.2 Å². The van der Waals surface area contributed by atoms with Crippen molar-refractivity contribution in [3.63, 3.8) is 0 Å². The largest absolute Gasteiger partial charge is 0.481 e. The number of carbonyl (C=O) groups is 2. The number of nitrogens with zero attached hydrogens (tertiary/aromatic N) is 3. The number of likely N-dealkylation sites (tertiary alicyclic amines) is 1. The van der Waals surface area contributed by atoms with E-state index in [1.807, 2.05) is 30.3 Å². The Hall–Kier alpha value is -3.74. The van der Waals surface area contributed by atoms with Gasteiger partial charge >= 0.3 is 5.97 Å². The highest BCUT2D eigenvalue weighted by Gasteiger charge is 2.52. The zero-order valence-electron chi connectivity index (χ0n) is 16.7. The Balaban J connectivity index is 1.60. The van der Waals surface area contributed by atoms with E-state index < -0.39 is 11.4 Å². The maximum atomic E-state index is 12.4. The molecule has 0 saturated carbocycles. The van der Waals surface area contributed by atoms with Gasteiger partial charge in [0.05, 0.1) is 18.1 Å². The summed E-state index contributed by atoms with van der Waals surface area (Å²) in [7, 11) is 0. The summed E-state index contributed by atoms with van der Waals surface area (Å²) in [6.45, 7) is 5.32. The van der Waals surface area contributed by atoms with Crippen molar-refractivity contribution in [2.45, 2.75) is 6.92 Å². The van der Waals surface area contributed by atoms with Crippen molar-refractivity contribution >= 4 is 11.9 Å². The van der Waals surface area contributed by atoms with Crippen molar-refractivity contribution in [1.29, 1.82) is 0 Å². The Labute approximate surface area is 175 Å². The third-order valence-electron chi connectivity index (χ3n) is 4.85. The highest BCUT2D eigenvalue weighted by molar-refractivity contribution is 5.95. The molecule has 0 bridgehead atoms. The first kappa shape index (κ1) is 21.0. The fraction of sp³-hybridized carbons (Fsp3) is 0.217. The van der Waals surface area contributed by atoms with Crippen LogP contribution in [0.4, 0.5) is 0 Å². The molecule has 3 rings (SSSR count). The molecule has 0 aliphatic carbocycles. The van der Waals surface area contributed by atoms with Crippen molar-refractivity contribution in [3.8, 4) is 17.1 Å². The lowest BCUT2D eigenvalue weighted by Crippen LogP contribution is -2.64. The molecule has 2 aromatic rings. The summed E-state index contributed by atoms with van der Waals surface area (Å²) in [6.07, 6.45) is 9.76. The van der Waals surface area contributed by atoms with Crippen LogP contribution < -0.4 is 4.74 Å². The number of hydrogen-bond donors (Lipinski definition) is 1. The predicted octanol–water partition coefficient (Wildman–Crippen LogP) is 3.12. The molecule has 1 aliphatic rings. The van der Waals surface area contributed by atoms with Gasteiger partial charge in [0.2, 0.25) is 11.8 Å². The van der Waals surface area contributed by atoms with Crippen molar-refractivity contribution < 1.29 is 19.4 Å². The Kier molecular flexibility index (Phi) is 6.41. The molecule has 0 radical (unpaired) electrons. The zero-order chi connectivity index (χ0) is 21.6. The summed E-state index contributed by atoms with van der Waals surface area (Å²) < 4.78 is 5.60. The molecule has 0 atom stereocenters. The minimum absolute atomic E-state index is 0.0764. The topological polar surface area (TPSA) is 92.6 Å². The van der Waals surface area contributed by atoms with E-state index in [0.717, 1.165) is 5.56 Å². The number of allylic oxidation sites excluding steroid dienone is 4. The molecular weight excluding hydrogens is 382 g/mol. The number of carboxylic acids is 1. The first-order valence-corrected chi connectivity index (χ1v) is 9.44. The van der Waals surface area contributed by atoms with Crippen molar-refractivity contribution in [2.75, 3.05) is 19.7 Å². The SMILES string of the molecule is C=C/C=C\C=C(/C)C(=O)N1CC(COc2cnc(-c3ccccc3)cn2)(C(=O)O)C1. The summed E-state index contributed by atoms with van der Waals surface area (Å²) in [5.41, 5.74) is 0.990. The number of aromatic nitrogens is 2. The normalized spacial score (nSPS) is 15.5. The van der Waals surface area contributed by atoms with E-state index in [1.165, 1.54) is 11.1 Å². The minimum Gasteiger partial charge on any atom is -0.481 e. The lowest BCUT2D eigenvalue weighted by atomic mass is 9.80. The molecule has 1 aromatic heterocycles. The van der Waals surface area contributed by atoms with Crippen LogP contribution in [0.3, 0.4) is 0 Å². The number of carbonyl (C=O) groups excluding carboxylic acids is 1. The smallest absolute Gasteiger partial charge is 0.316 e. The number of benzene rings is 1. The Morgan fingerprint density at radius 3 is 2.53 bits per heavy atom. The van der Waals surface area contributed by atoms with E-state index in [9.17, 15) is 14.7 Å². The van der Waals surface area contributed by atoms with E-state index >= 15 is 0 Å². The lowest BCUT2D eigenvalue weighted by Gasteiger charge is -2.46. The monoisotopic (exact) mass is 405 g/mol. The van der Waals surface area contributed by atoms with Crippen LogP contribution in [-0.2, 0) is 9.59 Å². The van der Waals surface area contributed by atoms with Crippen LogP contribution in [-0.4, -0.2) is 51.5 Å².